The molecule has 6 heteroatoms. The van der Waals surface area contributed by atoms with Gasteiger partial charge in [0.1, 0.15) is 0 Å². The number of hydrogen-bond acceptors (Lipinski definition) is 5. The van der Waals surface area contributed by atoms with E-state index in [1.54, 1.807) is 17.8 Å². The van der Waals surface area contributed by atoms with Crippen molar-refractivity contribution >= 4 is 39.8 Å². The molecule has 0 fully saturated rings. The van der Waals surface area contributed by atoms with E-state index >= 15 is 0 Å². The highest BCUT2D eigenvalue weighted by Gasteiger charge is 2.13. The van der Waals surface area contributed by atoms with Gasteiger partial charge in [-0.05, 0) is 38.5 Å². The van der Waals surface area contributed by atoms with E-state index in [4.69, 9.17) is 0 Å². The van der Waals surface area contributed by atoms with Crippen molar-refractivity contribution in [3.63, 3.8) is 0 Å². The van der Waals surface area contributed by atoms with Crippen LogP contribution in [0.15, 0.2) is 36.0 Å². The van der Waals surface area contributed by atoms with E-state index in [9.17, 15) is 4.79 Å². The normalized spacial score (nSPS) is 11.1. The molecular weight excluding hydrogens is 338 g/mol. The molecule has 24 heavy (non-hydrogen) atoms. The van der Waals surface area contributed by atoms with Gasteiger partial charge in [0.25, 0.3) is 0 Å². The summed E-state index contributed by atoms with van der Waals surface area (Å²) in [6, 6.07) is 6.32. The summed E-state index contributed by atoms with van der Waals surface area (Å²) in [6.07, 6.45) is 4.97. The van der Waals surface area contributed by atoms with Crippen LogP contribution in [0, 0.1) is 20.8 Å². The highest BCUT2D eigenvalue weighted by atomic mass is 32.1. The van der Waals surface area contributed by atoms with E-state index in [1.165, 1.54) is 39.9 Å². The molecule has 0 aliphatic carbocycles. The van der Waals surface area contributed by atoms with E-state index in [2.05, 4.69) is 47.3 Å². The van der Waals surface area contributed by atoms with Crippen LogP contribution in [0.4, 0.5) is 5.13 Å². The zero-order chi connectivity index (χ0) is 17.1. The Morgan fingerprint density at radius 2 is 2.08 bits per heavy atom. The molecule has 1 amide bonds. The van der Waals surface area contributed by atoms with E-state index in [0.29, 0.717) is 5.13 Å². The fourth-order valence-corrected chi connectivity index (χ4v) is 3.65. The molecule has 0 unspecified atom stereocenters. The van der Waals surface area contributed by atoms with Gasteiger partial charge in [0.05, 0.1) is 11.2 Å². The van der Waals surface area contributed by atoms with Crippen LogP contribution in [0.2, 0.25) is 0 Å². The second-order valence-electron chi connectivity index (χ2n) is 5.47. The van der Waals surface area contributed by atoms with Crippen LogP contribution < -0.4 is 5.32 Å². The fourth-order valence-electron chi connectivity index (χ4n) is 2.30. The maximum absolute atomic E-state index is 12.0. The van der Waals surface area contributed by atoms with Crippen molar-refractivity contribution in [2.45, 2.75) is 20.8 Å². The monoisotopic (exact) mass is 355 g/mol. The van der Waals surface area contributed by atoms with Gasteiger partial charge in [-0.15, -0.1) is 22.7 Å². The van der Waals surface area contributed by atoms with Gasteiger partial charge in [-0.25, -0.2) is 4.98 Å². The van der Waals surface area contributed by atoms with Gasteiger partial charge in [0, 0.05) is 27.6 Å². The molecule has 2 heterocycles. The van der Waals surface area contributed by atoms with Crippen LogP contribution in [0.1, 0.15) is 20.9 Å². The number of carbonyl (C=O) groups excluding carboxylic acids is 1. The molecule has 1 aromatic carbocycles. The van der Waals surface area contributed by atoms with Crippen LogP contribution in [-0.2, 0) is 4.79 Å². The SMILES string of the molecule is Cc1ccc(C)c(-c2nc(NC(=O)/C=C/c3cncs3)sc2C)c1. The molecule has 0 saturated heterocycles. The van der Waals surface area contributed by atoms with Crippen molar-refractivity contribution in [2.75, 3.05) is 5.32 Å². The molecule has 3 rings (SSSR count). The number of aromatic nitrogens is 2. The number of hydrogen-bond donors (Lipinski definition) is 1. The Balaban J connectivity index is 1.79. The summed E-state index contributed by atoms with van der Waals surface area (Å²) in [6.45, 7) is 6.17. The zero-order valence-electron chi connectivity index (χ0n) is 13.7. The van der Waals surface area contributed by atoms with Gasteiger partial charge < -0.3 is 0 Å². The lowest BCUT2D eigenvalue weighted by molar-refractivity contribution is -0.111. The molecule has 2 aromatic heterocycles. The van der Waals surface area contributed by atoms with Crippen molar-refractivity contribution in [2.24, 2.45) is 0 Å². The Morgan fingerprint density at radius 1 is 1.25 bits per heavy atom. The van der Waals surface area contributed by atoms with E-state index < -0.39 is 0 Å². The summed E-state index contributed by atoms with van der Waals surface area (Å²) in [5.41, 5.74) is 6.16. The molecule has 1 N–H and O–H groups in total. The first-order chi connectivity index (χ1) is 11.5. The lowest BCUT2D eigenvalue weighted by Crippen LogP contribution is -2.07. The highest BCUT2D eigenvalue weighted by Crippen LogP contribution is 2.32. The second-order valence-corrected chi connectivity index (χ2v) is 7.59. The maximum Gasteiger partial charge on any atom is 0.250 e. The van der Waals surface area contributed by atoms with E-state index in [1.807, 2.05) is 6.92 Å². The van der Waals surface area contributed by atoms with Gasteiger partial charge >= 0.3 is 0 Å². The third-order valence-corrected chi connectivity index (χ3v) is 5.15. The molecular formula is C18H17N3OS2. The zero-order valence-corrected chi connectivity index (χ0v) is 15.3. The molecule has 3 aromatic rings. The van der Waals surface area contributed by atoms with Crippen molar-refractivity contribution in [3.05, 3.63) is 56.9 Å². The third kappa shape index (κ3) is 3.77. The number of rotatable bonds is 4. The molecule has 4 nitrogen and oxygen atoms in total. The number of aryl methyl sites for hydroxylation is 3. The third-order valence-electron chi connectivity index (χ3n) is 3.53. The summed E-state index contributed by atoms with van der Waals surface area (Å²) in [5, 5.41) is 3.45. The molecule has 0 bridgehead atoms. The van der Waals surface area contributed by atoms with Crippen molar-refractivity contribution in [3.8, 4) is 11.3 Å². The standard InChI is InChI=1S/C18H17N3OS2/c1-11-4-5-12(2)15(8-11)17-13(3)24-18(21-17)20-16(22)7-6-14-9-19-10-23-14/h4-10H,1-3H3,(H,20,21,22)/b7-6+. The number of benzene rings is 1. The molecule has 0 radical (unpaired) electrons. The van der Waals surface area contributed by atoms with Crippen LogP contribution >= 0.6 is 22.7 Å². The van der Waals surface area contributed by atoms with Crippen LogP contribution in [0.25, 0.3) is 17.3 Å². The highest BCUT2D eigenvalue weighted by molar-refractivity contribution is 7.16. The number of nitrogens with zero attached hydrogens (tertiary/aromatic N) is 2. The number of thiazole rings is 2. The van der Waals surface area contributed by atoms with Crippen molar-refractivity contribution in [1.82, 2.24) is 9.97 Å². The average molecular weight is 355 g/mol. The summed E-state index contributed by atoms with van der Waals surface area (Å²) in [5.74, 6) is -0.190. The topological polar surface area (TPSA) is 54.9 Å². The van der Waals surface area contributed by atoms with Crippen molar-refractivity contribution in [1.29, 1.82) is 0 Å². The van der Waals surface area contributed by atoms with Crippen LogP contribution in [-0.4, -0.2) is 15.9 Å². The molecule has 0 aliphatic heterocycles. The summed E-state index contributed by atoms with van der Waals surface area (Å²) in [4.78, 5) is 22.7. The number of carbonyl (C=O) groups is 1. The predicted octanol–water partition coefficient (Wildman–Crippen LogP) is 4.84. The molecule has 0 atom stereocenters. The molecule has 0 saturated carbocycles. The van der Waals surface area contributed by atoms with Gasteiger partial charge in [-0.2, -0.15) is 0 Å². The lowest BCUT2D eigenvalue weighted by atomic mass is 10.0. The van der Waals surface area contributed by atoms with Crippen LogP contribution in [0.3, 0.4) is 0 Å². The first-order valence-corrected chi connectivity index (χ1v) is 9.15. The fraction of sp³-hybridized carbons (Fsp3) is 0.167. The first-order valence-electron chi connectivity index (χ1n) is 7.45. The second kappa shape index (κ2) is 7.07. The Hall–Kier alpha value is -2.31. The van der Waals surface area contributed by atoms with Crippen LogP contribution in [0.5, 0.6) is 0 Å². The van der Waals surface area contributed by atoms with E-state index in [0.717, 1.165) is 21.0 Å². The summed E-state index contributed by atoms with van der Waals surface area (Å²) < 4.78 is 0. The Morgan fingerprint density at radius 3 is 2.83 bits per heavy atom. The van der Waals surface area contributed by atoms with Gasteiger partial charge in [0.15, 0.2) is 5.13 Å². The minimum Gasteiger partial charge on any atom is -0.298 e. The Bertz CT molecular complexity index is 895. The van der Waals surface area contributed by atoms with Gasteiger partial charge in [-0.3, -0.25) is 15.1 Å². The average Bonchev–Trinajstić information content (AvgIpc) is 3.17. The minimum atomic E-state index is -0.190. The molecule has 0 aliphatic rings. The molecule has 0 spiro atoms. The van der Waals surface area contributed by atoms with E-state index in [-0.39, 0.29) is 5.91 Å². The largest absolute Gasteiger partial charge is 0.298 e. The van der Waals surface area contributed by atoms with Gasteiger partial charge in [0.2, 0.25) is 5.91 Å². The smallest absolute Gasteiger partial charge is 0.250 e. The maximum atomic E-state index is 12.0. The predicted molar refractivity (Wildman–Crippen MR) is 102 cm³/mol. The van der Waals surface area contributed by atoms with Crippen molar-refractivity contribution < 1.29 is 4.79 Å². The summed E-state index contributed by atoms with van der Waals surface area (Å²) >= 11 is 2.98. The number of amides is 1. The summed E-state index contributed by atoms with van der Waals surface area (Å²) in [7, 11) is 0. The van der Waals surface area contributed by atoms with Gasteiger partial charge in [-0.1, -0.05) is 17.7 Å². The number of nitrogens with one attached hydrogen (secondary N) is 1. The molecule has 122 valence electrons. The Kier molecular flexibility index (Phi) is 4.87. The first kappa shape index (κ1) is 16.5. The minimum absolute atomic E-state index is 0.190. The quantitative estimate of drug-likeness (QED) is 0.681. The number of anilines is 1. The Labute approximate surface area is 148 Å². The lowest BCUT2D eigenvalue weighted by Gasteiger charge is -2.05.